The Hall–Kier alpha value is -2.50. The molecule has 1 amide bonds. The second-order valence-electron chi connectivity index (χ2n) is 5.50. The maximum absolute atomic E-state index is 12.5. The third-order valence-corrected chi connectivity index (χ3v) is 3.60. The van der Waals surface area contributed by atoms with Crippen LogP contribution < -0.4 is 4.90 Å². The van der Waals surface area contributed by atoms with Gasteiger partial charge in [-0.05, 0) is 10.4 Å². The highest BCUT2D eigenvalue weighted by Crippen LogP contribution is 2.19. The highest BCUT2D eigenvalue weighted by atomic mass is 19.4. The summed E-state index contributed by atoms with van der Waals surface area (Å²) in [5, 5.41) is 14.3. The van der Waals surface area contributed by atoms with E-state index >= 15 is 0 Å². The minimum Gasteiger partial charge on any atom is -0.307 e. The summed E-state index contributed by atoms with van der Waals surface area (Å²) in [6, 6.07) is 0. The van der Waals surface area contributed by atoms with E-state index in [4.69, 9.17) is 0 Å². The highest BCUT2D eigenvalue weighted by molar-refractivity contribution is 5.95. The Morgan fingerprint density at radius 2 is 2.08 bits per heavy atom. The quantitative estimate of drug-likeness (QED) is 0.765. The van der Waals surface area contributed by atoms with Crippen LogP contribution in [0.15, 0.2) is 12.4 Å². The number of carbonyl (C=O) groups excluding carboxylic acids is 1. The Balaban J connectivity index is 1.63. The van der Waals surface area contributed by atoms with Crippen LogP contribution in [-0.2, 0) is 24.9 Å². The fourth-order valence-electron chi connectivity index (χ4n) is 2.51. The van der Waals surface area contributed by atoms with Gasteiger partial charge in [-0.25, -0.2) is 4.68 Å². The van der Waals surface area contributed by atoms with Crippen molar-refractivity contribution < 1.29 is 18.0 Å². The number of alkyl halides is 3. The maximum Gasteiger partial charge on any atom is 0.408 e. The highest BCUT2D eigenvalue weighted by Gasteiger charge is 2.31. The van der Waals surface area contributed by atoms with Gasteiger partial charge in [0.2, 0.25) is 5.91 Å². The molecule has 0 aliphatic carbocycles. The predicted octanol–water partition coefficient (Wildman–Crippen LogP) is -0.182. The van der Waals surface area contributed by atoms with Crippen molar-refractivity contribution in [2.45, 2.75) is 19.3 Å². The van der Waals surface area contributed by atoms with Crippen LogP contribution in [0.4, 0.5) is 18.9 Å². The molecule has 1 aliphatic rings. The van der Waals surface area contributed by atoms with Crippen molar-refractivity contribution in [3.05, 3.63) is 18.2 Å². The Labute approximate surface area is 134 Å². The van der Waals surface area contributed by atoms with E-state index in [1.54, 1.807) is 33.9 Å². The molecule has 130 valence electrons. The molecule has 1 aliphatic heterocycles. The van der Waals surface area contributed by atoms with Gasteiger partial charge in [-0.3, -0.25) is 14.4 Å². The topological polar surface area (TPSA) is 85.0 Å². The van der Waals surface area contributed by atoms with E-state index in [0.29, 0.717) is 23.5 Å². The molecule has 0 atom stereocenters. The molecule has 0 N–H and O–H groups in total. The van der Waals surface area contributed by atoms with Crippen molar-refractivity contribution in [3.8, 4) is 0 Å². The fraction of sp³-hybridized carbons (Fsp3) is 0.583. The maximum atomic E-state index is 12.5. The van der Waals surface area contributed by atoms with Gasteiger partial charge in [-0.15, -0.1) is 5.10 Å². The first kappa shape index (κ1) is 16.4. The van der Waals surface area contributed by atoms with Crippen LogP contribution in [0.25, 0.3) is 0 Å². The van der Waals surface area contributed by atoms with Crippen LogP contribution in [0.3, 0.4) is 0 Å². The number of hydrogen-bond acceptors (Lipinski definition) is 6. The zero-order valence-corrected chi connectivity index (χ0v) is 12.8. The van der Waals surface area contributed by atoms with Crippen molar-refractivity contribution in [1.82, 2.24) is 34.9 Å². The van der Waals surface area contributed by atoms with Crippen molar-refractivity contribution >= 4 is 11.6 Å². The average Bonchev–Trinajstić information content (AvgIpc) is 3.07. The van der Waals surface area contributed by atoms with Gasteiger partial charge in [0, 0.05) is 26.3 Å². The summed E-state index contributed by atoms with van der Waals surface area (Å²) in [5.41, 5.74) is 0.698. The normalized spacial score (nSPS) is 16.8. The van der Waals surface area contributed by atoms with Crippen LogP contribution in [0, 0.1) is 0 Å². The molecule has 0 spiro atoms. The minimum atomic E-state index is -4.40. The third-order valence-electron chi connectivity index (χ3n) is 3.60. The number of aromatic nitrogens is 6. The number of halogens is 3. The fourth-order valence-corrected chi connectivity index (χ4v) is 2.51. The SMILES string of the molecule is Cn1cc(N2CCN(Cc3nnnn3CC(F)(F)F)CC2=O)cn1. The molecule has 1 fully saturated rings. The number of rotatable bonds is 4. The number of anilines is 1. The van der Waals surface area contributed by atoms with E-state index < -0.39 is 12.7 Å². The molecule has 0 saturated carbocycles. The zero-order valence-electron chi connectivity index (χ0n) is 12.8. The van der Waals surface area contributed by atoms with E-state index in [2.05, 4.69) is 20.6 Å². The second kappa shape index (κ2) is 6.19. The summed E-state index contributed by atoms with van der Waals surface area (Å²) in [6.45, 7) is -0.173. The second-order valence-corrected chi connectivity index (χ2v) is 5.50. The number of piperazine rings is 1. The van der Waals surface area contributed by atoms with Gasteiger partial charge >= 0.3 is 6.18 Å². The number of aryl methyl sites for hydroxylation is 1. The number of nitrogens with zero attached hydrogens (tertiary/aromatic N) is 8. The van der Waals surface area contributed by atoms with Crippen LogP contribution in [0.1, 0.15) is 5.82 Å². The average molecular weight is 344 g/mol. The van der Waals surface area contributed by atoms with Gasteiger partial charge < -0.3 is 4.90 Å². The lowest BCUT2D eigenvalue weighted by molar-refractivity contribution is -0.143. The number of hydrogen-bond donors (Lipinski definition) is 0. The predicted molar refractivity (Wildman–Crippen MR) is 74.7 cm³/mol. The van der Waals surface area contributed by atoms with Crippen LogP contribution >= 0.6 is 0 Å². The number of carbonyl (C=O) groups is 1. The molecule has 3 heterocycles. The summed E-state index contributed by atoms with van der Waals surface area (Å²) in [5.74, 6) is -0.0703. The lowest BCUT2D eigenvalue weighted by Crippen LogP contribution is -2.50. The van der Waals surface area contributed by atoms with Crippen molar-refractivity contribution in [2.75, 3.05) is 24.5 Å². The lowest BCUT2D eigenvalue weighted by atomic mass is 10.3. The Bertz CT molecular complexity index is 724. The largest absolute Gasteiger partial charge is 0.408 e. The van der Waals surface area contributed by atoms with Crippen molar-refractivity contribution in [3.63, 3.8) is 0 Å². The molecule has 12 heteroatoms. The van der Waals surface area contributed by atoms with Gasteiger partial charge in [0.05, 0.1) is 25.0 Å². The Kier molecular flexibility index (Phi) is 4.22. The lowest BCUT2D eigenvalue weighted by Gasteiger charge is -2.33. The molecule has 24 heavy (non-hydrogen) atoms. The minimum absolute atomic E-state index is 0.0772. The molecular formula is C12H15F3N8O. The molecule has 9 nitrogen and oxygen atoms in total. The molecule has 1 saturated heterocycles. The summed E-state index contributed by atoms with van der Waals surface area (Å²) < 4.78 is 39.7. The van der Waals surface area contributed by atoms with E-state index in [1.807, 2.05) is 0 Å². The van der Waals surface area contributed by atoms with Gasteiger partial charge in [-0.2, -0.15) is 18.3 Å². The molecule has 2 aromatic rings. The summed E-state index contributed by atoms with van der Waals surface area (Å²) >= 11 is 0. The first-order valence-electron chi connectivity index (χ1n) is 7.15. The molecule has 3 rings (SSSR count). The number of amides is 1. The standard InChI is InChI=1S/C12H15F3N8O/c1-20-5-9(4-16-20)22-3-2-21(7-11(22)24)6-10-17-18-19-23(10)8-12(13,14)15/h4-5H,2-3,6-8H2,1H3. The van der Waals surface area contributed by atoms with Gasteiger partial charge in [0.25, 0.3) is 0 Å². The van der Waals surface area contributed by atoms with Crippen molar-refractivity contribution in [2.24, 2.45) is 7.05 Å². The first-order chi connectivity index (χ1) is 11.3. The zero-order chi connectivity index (χ0) is 17.3. The molecule has 0 unspecified atom stereocenters. The van der Waals surface area contributed by atoms with E-state index in [0.717, 1.165) is 0 Å². The summed E-state index contributed by atoms with van der Waals surface area (Å²) in [7, 11) is 1.75. The molecule has 0 aromatic carbocycles. The smallest absolute Gasteiger partial charge is 0.307 e. The Morgan fingerprint density at radius 3 is 2.71 bits per heavy atom. The monoisotopic (exact) mass is 344 g/mol. The van der Waals surface area contributed by atoms with Crippen molar-refractivity contribution in [1.29, 1.82) is 0 Å². The first-order valence-corrected chi connectivity index (χ1v) is 7.15. The molecule has 2 aromatic heterocycles. The molecule has 0 bridgehead atoms. The third kappa shape index (κ3) is 3.69. The van der Waals surface area contributed by atoms with Crippen LogP contribution in [-0.4, -0.2) is 66.6 Å². The van der Waals surface area contributed by atoms with E-state index in [-0.39, 0.29) is 24.8 Å². The van der Waals surface area contributed by atoms with E-state index in [1.165, 1.54) is 0 Å². The molecular weight excluding hydrogens is 329 g/mol. The van der Waals surface area contributed by atoms with Gasteiger partial charge in [0.15, 0.2) is 5.82 Å². The molecule has 0 radical (unpaired) electrons. The summed E-state index contributed by atoms with van der Waals surface area (Å²) in [4.78, 5) is 15.6. The summed E-state index contributed by atoms with van der Waals surface area (Å²) in [6.07, 6.45) is -1.08. The van der Waals surface area contributed by atoms with Gasteiger partial charge in [0.1, 0.15) is 6.54 Å². The van der Waals surface area contributed by atoms with Crippen LogP contribution in [0.2, 0.25) is 0 Å². The number of tetrazole rings is 1. The van der Waals surface area contributed by atoms with E-state index in [9.17, 15) is 18.0 Å². The van der Waals surface area contributed by atoms with Gasteiger partial charge in [-0.1, -0.05) is 0 Å². The Morgan fingerprint density at radius 1 is 1.29 bits per heavy atom. The van der Waals surface area contributed by atoms with Crippen LogP contribution in [0.5, 0.6) is 0 Å².